The van der Waals surface area contributed by atoms with Gasteiger partial charge in [-0.15, -0.1) is 9.42 Å². The average molecular weight is 425 g/mol. The predicted molar refractivity (Wildman–Crippen MR) is 114 cm³/mol. The molecule has 1 atom stereocenters. The fraction of sp³-hybridized carbons (Fsp3) is 0.450. The lowest BCUT2D eigenvalue weighted by molar-refractivity contribution is 0.276. The number of nitrogens with zero attached hydrogens (tertiary/aromatic N) is 1. The largest absolute Gasteiger partial charge is 0.694 e. The minimum atomic E-state index is -2.51. The van der Waals surface area contributed by atoms with Crippen LogP contribution in [-0.2, 0) is 22.1 Å². The molecule has 1 aromatic heterocycles. The van der Waals surface area contributed by atoms with E-state index in [-0.39, 0.29) is 6.61 Å². The number of hydrogen-bond acceptors (Lipinski definition) is 5. The summed E-state index contributed by atoms with van der Waals surface area (Å²) in [5.74, 6) is 0. The molecule has 1 aromatic carbocycles. The Kier molecular flexibility index (Phi) is 11.0. The third-order valence-electron chi connectivity index (χ3n) is 4.22. The van der Waals surface area contributed by atoms with Crippen molar-refractivity contribution >= 4 is 25.5 Å². The Morgan fingerprint density at radius 1 is 1.11 bits per heavy atom. The van der Waals surface area contributed by atoms with Crippen molar-refractivity contribution in [2.75, 3.05) is 25.0 Å². The molecule has 6 nitrogen and oxygen atoms in total. The molecule has 2 aromatic rings. The zero-order chi connectivity index (χ0) is 20.0. The second kappa shape index (κ2) is 13.6. The summed E-state index contributed by atoms with van der Waals surface area (Å²) >= 11 is 6.34. The zero-order valence-corrected chi connectivity index (χ0v) is 17.6. The molecule has 0 saturated heterocycles. The highest BCUT2D eigenvalue weighted by molar-refractivity contribution is 7.32. The zero-order valence-electron chi connectivity index (χ0n) is 15.9. The van der Waals surface area contributed by atoms with Crippen molar-refractivity contribution in [3.63, 3.8) is 0 Å². The Balaban J connectivity index is 1.58. The Bertz CT molecular complexity index is 719. The maximum absolute atomic E-state index is 10.4. The summed E-state index contributed by atoms with van der Waals surface area (Å²) in [6.45, 7) is 2.39. The van der Waals surface area contributed by atoms with Crippen LogP contribution in [0.5, 0.6) is 0 Å². The van der Waals surface area contributed by atoms with Gasteiger partial charge in [0, 0.05) is 17.7 Å². The Hall–Kier alpha value is -1.56. The molecule has 0 spiro atoms. The van der Waals surface area contributed by atoms with Gasteiger partial charge in [0.05, 0.1) is 22.6 Å². The molecule has 28 heavy (non-hydrogen) atoms. The lowest BCUT2D eigenvalue weighted by Crippen LogP contribution is -2.17. The van der Waals surface area contributed by atoms with Crippen molar-refractivity contribution in [3.05, 3.63) is 58.9 Å². The summed E-state index contributed by atoms with van der Waals surface area (Å²) in [6.07, 6.45) is 6.98. The number of halogens is 1. The van der Waals surface area contributed by atoms with Gasteiger partial charge >= 0.3 is 8.25 Å². The summed E-state index contributed by atoms with van der Waals surface area (Å²) in [4.78, 5) is 12.9. The van der Waals surface area contributed by atoms with E-state index in [0.717, 1.165) is 30.8 Å². The van der Waals surface area contributed by atoms with Crippen LogP contribution in [0.1, 0.15) is 36.9 Å². The van der Waals surface area contributed by atoms with Crippen molar-refractivity contribution in [2.24, 2.45) is 0 Å². The van der Waals surface area contributed by atoms with Crippen LogP contribution in [0.3, 0.4) is 0 Å². The Morgan fingerprint density at radius 3 is 2.68 bits per heavy atom. The van der Waals surface area contributed by atoms with Crippen LogP contribution < -0.4 is 10.6 Å². The molecule has 2 rings (SSSR count). The van der Waals surface area contributed by atoms with Gasteiger partial charge in [-0.1, -0.05) is 48.4 Å². The first kappa shape index (κ1) is 22.7. The van der Waals surface area contributed by atoms with Gasteiger partial charge in [-0.2, -0.15) is 0 Å². The number of aromatic nitrogens is 1. The molecular weight excluding hydrogens is 397 g/mol. The molecule has 0 radical (unpaired) electrons. The second-order valence-corrected chi connectivity index (χ2v) is 7.62. The lowest BCUT2D eigenvalue weighted by atomic mass is 10.1. The number of hydrogen-bond donors (Lipinski definition) is 3. The number of benzene rings is 1. The first-order chi connectivity index (χ1) is 13.6. The van der Waals surface area contributed by atoms with E-state index in [2.05, 4.69) is 44.4 Å². The van der Waals surface area contributed by atoms with E-state index in [0.29, 0.717) is 24.5 Å². The molecule has 0 saturated carbocycles. The van der Waals surface area contributed by atoms with Crippen LogP contribution in [0, 0.1) is 0 Å². The molecule has 8 heteroatoms. The summed E-state index contributed by atoms with van der Waals surface area (Å²) in [7, 11) is -2.51. The Morgan fingerprint density at radius 2 is 1.93 bits per heavy atom. The molecule has 0 aliphatic heterocycles. The molecule has 0 aliphatic rings. The third kappa shape index (κ3) is 9.58. The number of nitrogens with one attached hydrogen (secondary N) is 2. The average Bonchev–Trinajstić information content (AvgIpc) is 2.69. The SMILES string of the molecule is O=[P+](O)OCCCNCc1cc(Cl)c(NCCCCCc2ccccc2)cn1. The van der Waals surface area contributed by atoms with Crippen molar-refractivity contribution in [1.29, 1.82) is 0 Å². The minimum absolute atomic E-state index is 0.251. The van der Waals surface area contributed by atoms with E-state index >= 15 is 0 Å². The standard InChI is InChI=1S/C20H27ClN3O3P/c21-19-14-18(15-22-11-7-13-27-28(25)26)24-16-20(19)23-12-6-2-5-10-17-8-3-1-4-9-17/h1,3-4,8-9,14,16,22-23H,2,5-7,10-13,15H2/p+1. The van der Waals surface area contributed by atoms with Gasteiger partial charge in [0.2, 0.25) is 0 Å². The second-order valence-electron chi connectivity index (χ2n) is 6.48. The van der Waals surface area contributed by atoms with Crippen LogP contribution in [-0.4, -0.2) is 29.6 Å². The lowest BCUT2D eigenvalue weighted by Gasteiger charge is -2.10. The van der Waals surface area contributed by atoms with E-state index in [1.165, 1.54) is 18.4 Å². The van der Waals surface area contributed by atoms with Crippen molar-refractivity contribution in [2.45, 2.75) is 38.6 Å². The monoisotopic (exact) mass is 424 g/mol. The summed E-state index contributed by atoms with van der Waals surface area (Å²) in [6, 6.07) is 12.4. The maximum atomic E-state index is 10.4. The number of anilines is 1. The normalized spacial score (nSPS) is 11.4. The molecule has 1 unspecified atom stereocenters. The summed E-state index contributed by atoms with van der Waals surface area (Å²) < 4.78 is 15.0. The predicted octanol–water partition coefficient (Wildman–Crippen LogP) is 4.71. The number of aryl methyl sites for hydroxylation is 1. The molecule has 1 heterocycles. The van der Waals surface area contributed by atoms with Crippen LogP contribution in [0.25, 0.3) is 0 Å². The summed E-state index contributed by atoms with van der Waals surface area (Å²) in [5.41, 5.74) is 3.10. The van der Waals surface area contributed by atoms with E-state index in [1.807, 2.05) is 12.1 Å². The molecule has 0 aliphatic carbocycles. The topological polar surface area (TPSA) is 83.5 Å². The smallest absolute Gasteiger partial charge is 0.383 e. The van der Waals surface area contributed by atoms with Crippen molar-refractivity contribution < 1.29 is 14.0 Å². The van der Waals surface area contributed by atoms with Crippen LogP contribution in [0.15, 0.2) is 42.6 Å². The van der Waals surface area contributed by atoms with Crippen LogP contribution in [0.4, 0.5) is 5.69 Å². The summed E-state index contributed by atoms with van der Waals surface area (Å²) in [5, 5.41) is 7.22. The molecule has 152 valence electrons. The number of pyridine rings is 1. The van der Waals surface area contributed by atoms with Gasteiger partial charge in [0.25, 0.3) is 0 Å². The molecular formula is C20H28ClN3O3P+. The van der Waals surface area contributed by atoms with Gasteiger partial charge < -0.3 is 10.6 Å². The quantitative estimate of drug-likeness (QED) is 0.301. The van der Waals surface area contributed by atoms with Crippen LogP contribution >= 0.6 is 19.9 Å². The number of rotatable bonds is 14. The first-order valence-corrected chi connectivity index (χ1v) is 11.1. The fourth-order valence-corrected chi connectivity index (χ4v) is 3.28. The molecule has 0 bridgehead atoms. The maximum Gasteiger partial charge on any atom is 0.694 e. The van der Waals surface area contributed by atoms with E-state index < -0.39 is 8.25 Å². The van der Waals surface area contributed by atoms with Gasteiger partial charge in [-0.25, -0.2) is 0 Å². The molecule has 0 amide bonds. The van der Waals surface area contributed by atoms with Gasteiger partial charge in [0.15, 0.2) is 0 Å². The van der Waals surface area contributed by atoms with E-state index in [1.54, 1.807) is 6.20 Å². The van der Waals surface area contributed by atoms with Crippen LogP contribution in [0.2, 0.25) is 5.02 Å². The molecule has 3 N–H and O–H groups in total. The minimum Gasteiger partial charge on any atom is -0.383 e. The van der Waals surface area contributed by atoms with Crippen molar-refractivity contribution in [1.82, 2.24) is 10.3 Å². The van der Waals surface area contributed by atoms with Gasteiger partial charge in [-0.05, 0) is 43.9 Å². The molecule has 0 fully saturated rings. The highest BCUT2D eigenvalue weighted by atomic mass is 35.5. The van der Waals surface area contributed by atoms with E-state index in [9.17, 15) is 4.57 Å². The van der Waals surface area contributed by atoms with Gasteiger partial charge in [-0.3, -0.25) is 4.98 Å². The third-order valence-corrected chi connectivity index (χ3v) is 4.93. The Labute approximate surface area is 172 Å². The first-order valence-electron chi connectivity index (χ1n) is 9.57. The highest BCUT2D eigenvalue weighted by Crippen LogP contribution is 2.21. The van der Waals surface area contributed by atoms with Gasteiger partial charge in [0.1, 0.15) is 6.61 Å². The number of unbranched alkanes of at least 4 members (excludes halogenated alkanes) is 2. The highest BCUT2D eigenvalue weighted by Gasteiger charge is 2.10. The van der Waals surface area contributed by atoms with Crippen molar-refractivity contribution in [3.8, 4) is 0 Å². The van der Waals surface area contributed by atoms with E-state index in [4.69, 9.17) is 16.5 Å². The fourth-order valence-electron chi connectivity index (χ4n) is 2.75.